The highest BCUT2D eigenvalue weighted by molar-refractivity contribution is 5.19. The Balaban J connectivity index is 2.81. The number of hydrogen-bond donors (Lipinski definition) is 1. The van der Waals surface area contributed by atoms with Crippen LogP contribution in [0.4, 0.5) is 0 Å². The Hall–Kier alpha value is -0.860. The monoisotopic (exact) mass is 192 g/mol. The number of hydrogen-bond acceptors (Lipinski definition) is 2. The lowest BCUT2D eigenvalue weighted by atomic mass is 10.1. The predicted molar refractivity (Wildman–Crippen MR) is 61.2 cm³/mol. The average Bonchev–Trinajstić information content (AvgIpc) is 2.27. The van der Waals surface area contributed by atoms with Crippen molar-refractivity contribution in [2.75, 3.05) is 19.6 Å². The molecule has 0 aliphatic rings. The minimum absolute atomic E-state index is 0.367. The molecule has 0 fully saturated rings. The summed E-state index contributed by atoms with van der Waals surface area (Å²) in [5, 5.41) is 0. The predicted octanol–water partition coefficient (Wildman–Crippen LogP) is 2.03. The molecule has 1 atom stereocenters. The molecule has 0 aliphatic carbocycles. The van der Waals surface area contributed by atoms with Crippen LogP contribution in [0.25, 0.3) is 0 Å². The highest BCUT2D eigenvalue weighted by atomic mass is 15.2. The molecule has 1 aromatic rings. The number of nitrogens with two attached hydrogens (primary N) is 1. The van der Waals surface area contributed by atoms with E-state index in [0.717, 1.165) is 13.1 Å². The summed E-state index contributed by atoms with van der Waals surface area (Å²) in [6.45, 7) is 7.14. The number of benzene rings is 1. The molecule has 2 nitrogen and oxygen atoms in total. The second-order valence-corrected chi connectivity index (χ2v) is 3.38. The molecule has 1 rings (SSSR count). The minimum atomic E-state index is 0.367. The maximum Gasteiger partial charge on any atom is 0.0470 e. The molecule has 2 heteroatoms. The lowest BCUT2D eigenvalue weighted by Gasteiger charge is -2.28. The summed E-state index contributed by atoms with van der Waals surface area (Å²) in [4.78, 5) is 2.38. The standard InChI is InChI=1S/C12H20N2/c1-3-14(4-2)12(10-13)11-8-6-5-7-9-11/h5-9,12H,3-4,10,13H2,1-2H3/t12-/m1/s1. The van der Waals surface area contributed by atoms with Crippen LogP contribution >= 0.6 is 0 Å². The second kappa shape index (κ2) is 5.78. The van der Waals surface area contributed by atoms with E-state index >= 15 is 0 Å². The zero-order valence-corrected chi connectivity index (χ0v) is 9.11. The van der Waals surface area contributed by atoms with Crippen LogP contribution in [-0.4, -0.2) is 24.5 Å². The zero-order chi connectivity index (χ0) is 10.4. The van der Waals surface area contributed by atoms with Gasteiger partial charge in [-0.25, -0.2) is 0 Å². The van der Waals surface area contributed by atoms with Crippen molar-refractivity contribution in [3.05, 3.63) is 35.9 Å². The topological polar surface area (TPSA) is 29.3 Å². The summed E-state index contributed by atoms with van der Waals surface area (Å²) >= 11 is 0. The molecule has 78 valence electrons. The van der Waals surface area contributed by atoms with Crippen molar-refractivity contribution >= 4 is 0 Å². The van der Waals surface area contributed by atoms with Gasteiger partial charge in [-0.05, 0) is 18.7 Å². The molecule has 14 heavy (non-hydrogen) atoms. The van der Waals surface area contributed by atoms with Gasteiger partial charge in [0.05, 0.1) is 0 Å². The van der Waals surface area contributed by atoms with E-state index in [2.05, 4.69) is 43.0 Å². The lowest BCUT2D eigenvalue weighted by Crippen LogP contribution is -2.33. The number of nitrogens with zero attached hydrogens (tertiary/aromatic N) is 1. The van der Waals surface area contributed by atoms with Crippen molar-refractivity contribution in [3.8, 4) is 0 Å². The third-order valence-electron chi connectivity index (χ3n) is 2.66. The van der Waals surface area contributed by atoms with E-state index in [4.69, 9.17) is 5.73 Å². The van der Waals surface area contributed by atoms with Crippen molar-refractivity contribution in [1.82, 2.24) is 4.90 Å². The van der Waals surface area contributed by atoms with Gasteiger partial charge < -0.3 is 5.73 Å². The van der Waals surface area contributed by atoms with Crippen LogP contribution in [0.1, 0.15) is 25.5 Å². The van der Waals surface area contributed by atoms with Crippen molar-refractivity contribution in [2.45, 2.75) is 19.9 Å². The summed E-state index contributed by atoms with van der Waals surface area (Å²) in [6.07, 6.45) is 0. The van der Waals surface area contributed by atoms with E-state index in [9.17, 15) is 0 Å². The summed E-state index contributed by atoms with van der Waals surface area (Å²) in [5.74, 6) is 0. The fourth-order valence-electron chi connectivity index (χ4n) is 1.84. The van der Waals surface area contributed by atoms with E-state index < -0.39 is 0 Å². The van der Waals surface area contributed by atoms with Gasteiger partial charge in [0.2, 0.25) is 0 Å². The first kappa shape index (κ1) is 11.2. The van der Waals surface area contributed by atoms with Crippen molar-refractivity contribution in [2.24, 2.45) is 5.73 Å². The summed E-state index contributed by atoms with van der Waals surface area (Å²) in [5.41, 5.74) is 7.13. The van der Waals surface area contributed by atoms with Gasteiger partial charge in [-0.15, -0.1) is 0 Å². The molecule has 0 amide bonds. The van der Waals surface area contributed by atoms with E-state index in [1.54, 1.807) is 0 Å². The number of likely N-dealkylation sites (N-methyl/N-ethyl adjacent to an activating group) is 1. The van der Waals surface area contributed by atoms with Crippen molar-refractivity contribution in [1.29, 1.82) is 0 Å². The maximum atomic E-state index is 5.82. The summed E-state index contributed by atoms with van der Waals surface area (Å²) in [6, 6.07) is 10.8. The fraction of sp³-hybridized carbons (Fsp3) is 0.500. The SMILES string of the molecule is CCN(CC)[C@H](CN)c1ccccc1. The first-order valence-corrected chi connectivity index (χ1v) is 5.32. The molecule has 0 saturated heterocycles. The Morgan fingerprint density at radius 1 is 1.14 bits per heavy atom. The highest BCUT2D eigenvalue weighted by Crippen LogP contribution is 2.18. The molecule has 0 aromatic heterocycles. The van der Waals surface area contributed by atoms with Crippen molar-refractivity contribution in [3.63, 3.8) is 0 Å². The van der Waals surface area contributed by atoms with Crippen LogP contribution in [0.2, 0.25) is 0 Å². The van der Waals surface area contributed by atoms with Crippen LogP contribution < -0.4 is 5.73 Å². The third-order valence-corrected chi connectivity index (χ3v) is 2.66. The van der Waals surface area contributed by atoms with Crippen molar-refractivity contribution < 1.29 is 0 Å². The van der Waals surface area contributed by atoms with Crippen LogP contribution in [0, 0.1) is 0 Å². The first-order valence-electron chi connectivity index (χ1n) is 5.32. The molecule has 0 spiro atoms. The minimum Gasteiger partial charge on any atom is -0.329 e. The smallest absolute Gasteiger partial charge is 0.0470 e. The Morgan fingerprint density at radius 2 is 1.71 bits per heavy atom. The normalized spacial score (nSPS) is 13.1. The largest absolute Gasteiger partial charge is 0.329 e. The van der Waals surface area contributed by atoms with Crippen LogP contribution in [0.5, 0.6) is 0 Å². The molecule has 1 aromatic carbocycles. The molecule has 0 saturated carbocycles. The summed E-state index contributed by atoms with van der Waals surface area (Å²) in [7, 11) is 0. The molecule has 0 heterocycles. The van der Waals surface area contributed by atoms with E-state index in [0.29, 0.717) is 12.6 Å². The van der Waals surface area contributed by atoms with E-state index in [1.807, 2.05) is 6.07 Å². The van der Waals surface area contributed by atoms with Gasteiger partial charge in [0, 0.05) is 12.6 Å². The van der Waals surface area contributed by atoms with Gasteiger partial charge in [0.1, 0.15) is 0 Å². The fourth-order valence-corrected chi connectivity index (χ4v) is 1.84. The molecular formula is C12H20N2. The molecule has 0 radical (unpaired) electrons. The van der Waals surface area contributed by atoms with Crippen LogP contribution in [-0.2, 0) is 0 Å². The van der Waals surface area contributed by atoms with Gasteiger partial charge in [-0.2, -0.15) is 0 Å². The third kappa shape index (κ3) is 2.56. The summed E-state index contributed by atoms with van der Waals surface area (Å²) < 4.78 is 0. The Labute approximate surface area is 86.7 Å². The van der Waals surface area contributed by atoms with Gasteiger partial charge >= 0.3 is 0 Å². The van der Waals surface area contributed by atoms with Gasteiger partial charge in [-0.1, -0.05) is 44.2 Å². The zero-order valence-electron chi connectivity index (χ0n) is 9.11. The molecule has 0 bridgehead atoms. The first-order chi connectivity index (χ1) is 6.83. The lowest BCUT2D eigenvalue weighted by molar-refractivity contribution is 0.224. The molecule has 0 aliphatic heterocycles. The molecule has 2 N–H and O–H groups in total. The van der Waals surface area contributed by atoms with Crippen LogP contribution in [0.15, 0.2) is 30.3 Å². The molecule has 0 unspecified atom stereocenters. The Morgan fingerprint density at radius 3 is 2.14 bits per heavy atom. The van der Waals surface area contributed by atoms with E-state index in [-0.39, 0.29) is 0 Å². The van der Waals surface area contributed by atoms with Gasteiger partial charge in [0.25, 0.3) is 0 Å². The Bertz CT molecular complexity index is 242. The second-order valence-electron chi connectivity index (χ2n) is 3.38. The quantitative estimate of drug-likeness (QED) is 0.773. The molecular weight excluding hydrogens is 172 g/mol. The highest BCUT2D eigenvalue weighted by Gasteiger charge is 2.14. The Kier molecular flexibility index (Phi) is 4.63. The van der Waals surface area contributed by atoms with Gasteiger partial charge in [0.15, 0.2) is 0 Å². The number of rotatable bonds is 5. The van der Waals surface area contributed by atoms with Crippen LogP contribution in [0.3, 0.4) is 0 Å². The average molecular weight is 192 g/mol. The van der Waals surface area contributed by atoms with E-state index in [1.165, 1.54) is 5.56 Å². The maximum absolute atomic E-state index is 5.82. The van der Waals surface area contributed by atoms with Gasteiger partial charge in [-0.3, -0.25) is 4.90 Å².